The minimum atomic E-state index is -0.173. The smallest absolute Gasteiger partial charge is 0.253 e. The van der Waals surface area contributed by atoms with Gasteiger partial charge in [0.25, 0.3) is 5.91 Å². The summed E-state index contributed by atoms with van der Waals surface area (Å²) in [4.78, 5) is 27.4. The summed E-state index contributed by atoms with van der Waals surface area (Å²) in [6.45, 7) is 2.26. The molecule has 1 aliphatic heterocycles. The number of para-hydroxylation sites is 1. The predicted octanol–water partition coefficient (Wildman–Crippen LogP) is 5.97. The van der Waals surface area contributed by atoms with Crippen molar-refractivity contribution in [2.24, 2.45) is 5.10 Å². The fraction of sp³-hybridized carbons (Fsp3) is 0.182. The molecular weight excluding hydrogens is 577 g/mol. The molecule has 6 rings (SSSR count). The number of nitrogens with one attached hydrogen (secondary N) is 1. The number of aromatic nitrogens is 3. The third-order valence-electron chi connectivity index (χ3n) is 7.12. The van der Waals surface area contributed by atoms with Gasteiger partial charge in [-0.3, -0.25) is 14.2 Å². The van der Waals surface area contributed by atoms with Crippen LogP contribution in [0.1, 0.15) is 39.9 Å². The second kappa shape index (κ2) is 13.2. The molecule has 2 aromatic heterocycles. The third-order valence-corrected chi connectivity index (χ3v) is 8.96. The number of thiophene rings is 1. The number of thioether (sulfide) groups is 1. The quantitative estimate of drug-likeness (QED) is 0.198. The number of carbonyl (C=O) groups excluding carboxylic acids is 2. The highest BCUT2D eigenvalue weighted by atomic mass is 32.2. The number of hydrogen-bond donors (Lipinski definition) is 1. The molecule has 43 heavy (non-hydrogen) atoms. The lowest BCUT2D eigenvalue weighted by Gasteiger charge is -2.22. The molecule has 2 amide bonds. The van der Waals surface area contributed by atoms with Gasteiger partial charge in [-0.05, 0) is 41.6 Å². The van der Waals surface area contributed by atoms with Gasteiger partial charge in [-0.15, -0.1) is 21.5 Å². The molecule has 1 atom stereocenters. The number of hydrogen-bond acceptors (Lipinski definition) is 7. The summed E-state index contributed by atoms with van der Waals surface area (Å²) >= 11 is 2.94. The van der Waals surface area contributed by atoms with E-state index in [0.717, 1.165) is 27.4 Å². The van der Waals surface area contributed by atoms with E-state index in [2.05, 4.69) is 46.7 Å². The van der Waals surface area contributed by atoms with Gasteiger partial charge in [0.15, 0.2) is 11.0 Å². The molecule has 0 saturated heterocycles. The van der Waals surface area contributed by atoms with Crippen LogP contribution in [0.2, 0.25) is 0 Å². The van der Waals surface area contributed by atoms with Crippen molar-refractivity contribution in [2.45, 2.75) is 37.5 Å². The fourth-order valence-electron chi connectivity index (χ4n) is 4.94. The van der Waals surface area contributed by atoms with Crippen LogP contribution in [0.4, 0.5) is 0 Å². The molecule has 1 unspecified atom stereocenters. The van der Waals surface area contributed by atoms with Gasteiger partial charge in [-0.25, -0.2) is 5.01 Å². The summed E-state index contributed by atoms with van der Waals surface area (Å²) in [5.41, 5.74) is 4.93. The zero-order valence-electron chi connectivity index (χ0n) is 23.6. The highest BCUT2D eigenvalue weighted by Crippen LogP contribution is 2.35. The molecule has 216 valence electrons. The molecule has 0 fully saturated rings. The number of benzene rings is 3. The number of carbonyl (C=O) groups is 2. The Balaban J connectivity index is 1.20. The van der Waals surface area contributed by atoms with Gasteiger partial charge < -0.3 is 5.32 Å². The van der Waals surface area contributed by atoms with Crippen LogP contribution in [-0.4, -0.2) is 43.1 Å². The van der Waals surface area contributed by atoms with Crippen LogP contribution in [0.25, 0.3) is 5.69 Å². The van der Waals surface area contributed by atoms with E-state index in [-0.39, 0.29) is 36.6 Å². The third kappa shape index (κ3) is 6.76. The molecule has 1 aliphatic rings. The maximum atomic E-state index is 13.7. The highest BCUT2D eigenvalue weighted by Gasteiger charge is 2.33. The van der Waals surface area contributed by atoms with Crippen molar-refractivity contribution in [3.05, 3.63) is 130 Å². The molecular formula is C33H30N6O2S2. The van der Waals surface area contributed by atoms with E-state index in [0.29, 0.717) is 17.4 Å². The van der Waals surface area contributed by atoms with Crippen molar-refractivity contribution in [3.63, 3.8) is 0 Å². The van der Waals surface area contributed by atoms with E-state index in [1.54, 1.807) is 16.3 Å². The monoisotopic (exact) mass is 606 g/mol. The molecule has 10 heteroatoms. The lowest BCUT2D eigenvalue weighted by atomic mass is 10.00. The zero-order valence-corrected chi connectivity index (χ0v) is 25.2. The van der Waals surface area contributed by atoms with Crippen molar-refractivity contribution in [1.29, 1.82) is 0 Å². The number of aryl methyl sites for hydroxylation is 1. The van der Waals surface area contributed by atoms with Crippen molar-refractivity contribution in [1.82, 2.24) is 25.1 Å². The molecule has 5 aromatic rings. The number of rotatable bonds is 10. The Morgan fingerprint density at radius 2 is 1.67 bits per heavy atom. The van der Waals surface area contributed by atoms with E-state index in [1.165, 1.54) is 17.3 Å². The fourth-order valence-corrected chi connectivity index (χ4v) is 6.48. The Labute approximate surface area is 258 Å². The SMILES string of the molecule is Cc1ccc(C2CC(c3cccs3)=NN2C(=O)CSc2nnc(CNC(=O)Cc3ccccc3)n2-c2ccccc2)cc1. The molecule has 0 aliphatic carbocycles. The van der Waals surface area contributed by atoms with Gasteiger partial charge in [0.2, 0.25) is 5.91 Å². The minimum Gasteiger partial charge on any atom is -0.348 e. The predicted molar refractivity (Wildman–Crippen MR) is 170 cm³/mol. The van der Waals surface area contributed by atoms with Crippen LogP contribution in [-0.2, 0) is 22.6 Å². The Bertz CT molecular complexity index is 1720. The minimum absolute atomic E-state index is 0.103. The normalized spacial score (nSPS) is 14.5. The summed E-state index contributed by atoms with van der Waals surface area (Å²) in [7, 11) is 0. The first-order chi connectivity index (χ1) is 21.0. The maximum Gasteiger partial charge on any atom is 0.253 e. The van der Waals surface area contributed by atoms with Crippen molar-refractivity contribution >= 4 is 40.6 Å². The summed E-state index contributed by atoms with van der Waals surface area (Å²) < 4.78 is 1.89. The molecule has 1 N–H and O–H groups in total. The molecule has 3 heterocycles. The van der Waals surface area contributed by atoms with E-state index in [4.69, 9.17) is 5.10 Å². The van der Waals surface area contributed by atoms with Crippen molar-refractivity contribution < 1.29 is 9.59 Å². The van der Waals surface area contributed by atoms with Gasteiger partial charge in [0.1, 0.15) is 0 Å². The molecule has 0 saturated carbocycles. The standard InChI is InChI=1S/C33H30N6O2S2/c1-23-14-16-25(17-15-23)28-20-27(29-13-8-18-42-29)37-39(28)32(41)22-43-33-36-35-30(38(33)26-11-6-3-7-12-26)21-34-31(40)19-24-9-4-2-5-10-24/h2-18,28H,19-22H2,1H3,(H,34,40). The highest BCUT2D eigenvalue weighted by molar-refractivity contribution is 7.99. The number of hydrazone groups is 1. The van der Waals surface area contributed by atoms with Crippen LogP contribution >= 0.6 is 23.1 Å². The van der Waals surface area contributed by atoms with Crippen molar-refractivity contribution in [2.75, 3.05) is 5.75 Å². The number of nitrogens with zero attached hydrogens (tertiary/aromatic N) is 5. The average molecular weight is 607 g/mol. The van der Waals surface area contributed by atoms with Crippen LogP contribution in [0.3, 0.4) is 0 Å². The first kappa shape index (κ1) is 28.6. The topological polar surface area (TPSA) is 92.5 Å². The Hall–Kier alpha value is -4.54. The average Bonchev–Trinajstić information content (AvgIpc) is 3.80. The van der Waals surface area contributed by atoms with Crippen molar-refractivity contribution in [3.8, 4) is 5.69 Å². The second-order valence-corrected chi connectivity index (χ2v) is 12.1. The first-order valence-electron chi connectivity index (χ1n) is 14.0. The van der Waals surface area contributed by atoms with Crippen LogP contribution < -0.4 is 5.32 Å². The lowest BCUT2D eigenvalue weighted by Crippen LogP contribution is -2.28. The largest absolute Gasteiger partial charge is 0.348 e. The number of amides is 2. The molecule has 0 radical (unpaired) electrons. The Kier molecular flexibility index (Phi) is 8.76. The van der Waals surface area contributed by atoms with Crippen LogP contribution in [0.5, 0.6) is 0 Å². The summed E-state index contributed by atoms with van der Waals surface area (Å²) in [5.74, 6) is 0.505. The van der Waals surface area contributed by atoms with Crippen LogP contribution in [0.15, 0.2) is 113 Å². The van der Waals surface area contributed by atoms with Gasteiger partial charge in [0, 0.05) is 12.1 Å². The molecule has 0 spiro atoms. The van der Waals surface area contributed by atoms with Gasteiger partial charge >= 0.3 is 0 Å². The van der Waals surface area contributed by atoms with E-state index in [9.17, 15) is 9.59 Å². The van der Waals surface area contributed by atoms with Gasteiger partial charge in [-0.1, -0.05) is 96.2 Å². The zero-order chi connectivity index (χ0) is 29.6. The van der Waals surface area contributed by atoms with E-state index >= 15 is 0 Å². The van der Waals surface area contributed by atoms with Gasteiger partial charge in [0.05, 0.1) is 35.3 Å². The van der Waals surface area contributed by atoms with E-state index < -0.39 is 0 Å². The van der Waals surface area contributed by atoms with Gasteiger partial charge in [-0.2, -0.15) is 5.10 Å². The molecule has 3 aromatic carbocycles. The molecule has 8 nitrogen and oxygen atoms in total. The second-order valence-electron chi connectivity index (χ2n) is 10.2. The van der Waals surface area contributed by atoms with Crippen LogP contribution in [0, 0.1) is 6.92 Å². The van der Waals surface area contributed by atoms with E-state index in [1.807, 2.05) is 82.7 Å². The summed E-state index contributed by atoms with van der Waals surface area (Å²) in [6, 6.07) is 31.5. The first-order valence-corrected chi connectivity index (χ1v) is 15.8. The summed E-state index contributed by atoms with van der Waals surface area (Å²) in [6.07, 6.45) is 0.940. The molecule has 0 bridgehead atoms. The Morgan fingerprint density at radius 3 is 2.40 bits per heavy atom. The Morgan fingerprint density at radius 1 is 0.930 bits per heavy atom. The summed E-state index contributed by atoms with van der Waals surface area (Å²) in [5, 5.41) is 20.8. The lowest BCUT2D eigenvalue weighted by molar-refractivity contribution is -0.130. The maximum absolute atomic E-state index is 13.7.